The van der Waals surface area contributed by atoms with Crippen LogP contribution in [0.2, 0.25) is 0 Å². The fourth-order valence-electron chi connectivity index (χ4n) is 4.28. The van der Waals surface area contributed by atoms with E-state index in [9.17, 15) is 33.6 Å². The lowest BCUT2D eigenvalue weighted by atomic mass is 10.3. The Hall–Kier alpha value is -2.06. The summed E-state index contributed by atoms with van der Waals surface area (Å²) in [4.78, 5) is 73.9. The van der Waals surface area contributed by atoms with E-state index in [1.54, 1.807) is 0 Å². The molecule has 3 unspecified atom stereocenters. The predicted octanol–water partition coefficient (Wildman–Crippen LogP) is -0.364. The molecule has 0 radical (unpaired) electrons. The fourth-order valence-corrected chi connectivity index (χ4v) is 8.58. The highest BCUT2D eigenvalue weighted by Crippen LogP contribution is 2.42. The number of carbonyl (C=O) groups is 3. The zero-order valence-corrected chi connectivity index (χ0v) is 28.0. The molecule has 0 aliphatic carbocycles. The number of nitrogens with zero attached hydrogens (tertiary/aromatic N) is 3. The number of terminal acetylenes is 3. The van der Waals surface area contributed by atoms with E-state index in [4.69, 9.17) is 19.3 Å². The van der Waals surface area contributed by atoms with Crippen molar-refractivity contribution < 1.29 is 33.6 Å². The molecule has 0 aromatic heterocycles. The summed E-state index contributed by atoms with van der Waals surface area (Å²) >= 11 is 0. The van der Waals surface area contributed by atoms with Gasteiger partial charge in [-0.25, -0.2) is 0 Å². The summed E-state index contributed by atoms with van der Waals surface area (Å²) in [5.74, 6) is 6.17. The normalized spacial score (nSPS) is 17.9. The predicted molar refractivity (Wildman–Crippen MR) is 176 cm³/mol. The topological polar surface area (TPSA) is 175 Å². The van der Waals surface area contributed by atoms with Crippen LogP contribution in [0.25, 0.3) is 0 Å². The molecule has 0 bridgehead atoms. The summed E-state index contributed by atoms with van der Waals surface area (Å²) in [6, 6.07) is 0. The van der Waals surface area contributed by atoms with Crippen molar-refractivity contribution >= 4 is 41.4 Å². The minimum atomic E-state index is -3.69. The number of nitrogens with one attached hydrogen (secondary N) is 3. The summed E-state index contributed by atoms with van der Waals surface area (Å²) in [5, 5.41) is 7.68. The van der Waals surface area contributed by atoms with Crippen molar-refractivity contribution in [3.8, 4) is 37.0 Å². The lowest BCUT2D eigenvalue weighted by Crippen LogP contribution is -2.43. The van der Waals surface area contributed by atoms with Gasteiger partial charge in [0.1, 0.15) is 0 Å². The third-order valence-corrected chi connectivity index (χ3v) is 11.3. The molecular formula is C28H47N6O7P3. The van der Waals surface area contributed by atoms with Crippen LogP contribution in [0.1, 0.15) is 25.7 Å². The highest BCUT2D eigenvalue weighted by atomic mass is 31.2. The quantitative estimate of drug-likeness (QED) is 0.0834. The van der Waals surface area contributed by atoms with Gasteiger partial charge in [0.25, 0.3) is 0 Å². The van der Waals surface area contributed by atoms with E-state index in [0.29, 0.717) is 64.2 Å². The minimum Gasteiger partial charge on any atom is -0.372 e. The van der Waals surface area contributed by atoms with Gasteiger partial charge in [-0.15, -0.1) is 19.3 Å². The van der Waals surface area contributed by atoms with Gasteiger partial charge >= 0.3 is 0 Å². The van der Waals surface area contributed by atoms with Gasteiger partial charge in [0, 0.05) is 92.8 Å². The average Bonchev–Trinajstić information content (AvgIpc) is 2.99. The highest BCUT2D eigenvalue weighted by molar-refractivity contribution is 7.57. The Bertz CT molecular complexity index is 1020. The first-order valence-corrected chi connectivity index (χ1v) is 19.8. The van der Waals surface area contributed by atoms with E-state index in [-0.39, 0.29) is 69.1 Å². The molecule has 1 aliphatic rings. The number of rotatable bonds is 18. The fraction of sp³-hybridized carbons (Fsp3) is 0.679. The molecule has 0 aromatic carbocycles. The molecule has 0 saturated carbocycles. The SMILES string of the molecule is C#CCNC(=O)CCP(O)CN1CCCN(CP(O)CCC(=O)NCC#C)CCN(CP(=O)(O)CCC(=O)NCC#C)CC1. The lowest BCUT2D eigenvalue weighted by Gasteiger charge is -2.34. The Labute approximate surface area is 264 Å². The van der Waals surface area contributed by atoms with Crippen molar-refractivity contribution in [2.45, 2.75) is 25.7 Å². The molecule has 13 nitrogen and oxygen atoms in total. The third kappa shape index (κ3) is 20.1. The molecule has 3 amide bonds. The zero-order valence-electron chi connectivity index (χ0n) is 25.3. The Morgan fingerprint density at radius 1 is 0.682 bits per heavy atom. The summed E-state index contributed by atoms with van der Waals surface area (Å²) in [5.41, 5.74) is 0. The van der Waals surface area contributed by atoms with Gasteiger partial charge < -0.3 is 30.6 Å². The maximum absolute atomic E-state index is 13.1. The smallest absolute Gasteiger partial charge is 0.221 e. The van der Waals surface area contributed by atoms with Crippen LogP contribution in [-0.4, -0.2) is 143 Å². The van der Waals surface area contributed by atoms with Crippen molar-refractivity contribution in [2.75, 3.05) is 96.2 Å². The first-order chi connectivity index (χ1) is 21.0. The summed E-state index contributed by atoms with van der Waals surface area (Å²) < 4.78 is 13.1. The summed E-state index contributed by atoms with van der Waals surface area (Å²) in [6.07, 6.45) is 17.6. The second-order valence-corrected chi connectivity index (χ2v) is 16.3. The van der Waals surface area contributed by atoms with Gasteiger partial charge in [0.05, 0.1) is 25.9 Å². The van der Waals surface area contributed by atoms with Crippen molar-refractivity contribution in [2.24, 2.45) is 0 Å². The number of amides is 3. The molecular weight excluding hydrogens is 625 g/mol. The van der Waals surface area contributed by atoms with Gasteiger partial charge in [-0.3, -0.25) is 33.6 Å². The standard InChI is InChI=1S/C28H47N6O7P3/c1-4-11-29-26(35)8-20-42(38)23-32-14-7-15-33(24-43(39)21-9-27(36)30-12-5-2)17-19-34(18-16-32)25-44(40,41)22-10-28(37)31-13-6-3/h1-3,38-39H,7-25H2,(H,29,35)(H,30,36)(H,31,37)(H,40,41). The van der Waals surface area contributed by atoms with Crippen LogP contribution in [-0.2, 0) is 18.9 Å². The van der Waals surface area contributed by atoms with Crippen LogP contribution in [0, 0.1) is 37.0 Å². The second-order valence-electron chi connectivity index (χ2n) is 10.4. The highest BCUT2D eigenvalue weighted by Gasteiger charge is 2.26. The first kappa shape index (κ1) is 40.0. The average molecular weight is 673 g/mol. The van der Waals surface area contributed by atoms with Gasteiger partial charge in [-0.2, -0.15) is 0 Å². The number of hydrogen-bond acceptors (Lipinski definition) is 9. The van der Waals surface area contributed by atoms with Crippen LogP contribution in [0.15, 0.2) is 0 Å². The van der Waals surface area contributed by atoms with Crippen LogP contribution in [0.3, 0.4) is 0 Å². The summed E-state index contributed by atoms with van der Waals surface area (Å²) in [7, 11) is -6.60. The van der Waals surface area contributed by atoms with Crippen LogP contribution in [0.5, 0.6) is 0 Å². The minimum absolute atomic E-state index is 0.0539. The van der Waals surface area contributed by atoms with E-state index in [0.717, 1.165) is 6.42 Å². The molecule has 16 heteroatoms. The lowest BCUT2D eigenvalue weighted by molar-refractivity contribution is -0.121. The molecule has 0 aromatic rings. The molecule has 1 saturated heterocycles. The van der Waals surface area contributed by atoms with E-state index in [2.05, 4.69) is 43.5 Å². The van der Waals surface area contributed by atoms with Gasteiger partial charge in [-0.1, -0.05) is 17.8 Å². The maximum atomic E-state index is 13.1. The van der Waals surface area contributed by atoms with Crippen LogP contribution < -0.4 is 16.0 Å². The molecule has 246 valence electrons. The molecule has 0 spiro atoms. The number of hydrogen-bond donors (Lipinski definition) is 6. The van der Waals surface area contributed by atoms with E-state index in [1.165, 1.54) is 0 Å². The van der Waals surface area contributed by atoms with Gasteiger partial charge in [0.2, 0.25) is 25.1 Å². The molecule has 3 atom stereocenters. The van der Waals surface area contributed by atoms with Crippen molar-refractivity contribution in [1.29, 1.82) is 0 Å². The van der Waals surface area contributed by atoms with E-state index >= 15 is 0 Å². The van der Waals surface area contributed by atoms with Gasteiger partial charge in [0.15, 0.2) is 0 Å². The Morgan fingerprint density at radius 3 is 1.48 bits per heavy atom. The molecule has 44 heavy (non-hydrogen) atoms. The molecule has 1 rings (SSSR count). The van der Waals surface area contributed by atoms with Crippen molar-refractivity contribution in [1.82, 2.24) is 30.7 Å². The van der Waals surface area contributed by atoms with E-state index in [1.807, 2.05) is 4.90 Å². The maximum Gasteiger partial charge on any atom is 0.221 e. The molecule has 6 N–H and O–H groups in total. The largest absolute Gasteiger partial charge is 0.372 e. The Balaban J connectivity index is 2.86. The van der Waals surface area contributed by atoms with Crippen LogP contribution in [0.4, 0.5) is 0 Å². The number of carbonyl (C=O) groups excluding carboxylic acids is 3. The van der Waals surface area contributed by atoms with Crippen LogP contribution >= 0.6 is 23.7 Å². The Morgan fingerprint density at radius 2 is 1.07 bits per heavy atom. The summed E-state index contributed by atoms with van der Waals surface area (Å²) in [6.45, 7) is 3.63. The van der Waals surface area contributed by atoms with E-state index < -0.39 is 23.7 Å². The molecule has 1 fully saturated rings. The zero-order chi connectivity index (χ0) is 32.8. The first-order valence-electron chi connectivity index (χ1n) is 14.4. The van der Waals surface area contributed by atoms with Crippen molar-refractivity contribution in [3.63, 3.8) is 0 Å². The Kier molecular flexibility index (Phi) is 21.2. The van der Waals surface area contributed by atoms with Crippen molar-refractivity contribution in [3.05, 3.63) is 0 Å². The molecule has 1 aliphatic heterocycles. The second kappa shape index (κ2) is 23.3. The monoisotopic (exact) mass is 672 g/mol. The van der Waals surface area contributed by atoms with Gasteiger partial charge in [-0.05, 0) is 19.5 Å². The molecule has 1 heterocycles. The third-order valence-electron chi connectivity index (χ3n) is 6.61.